The molecule has 122 heavy (non-hydrogen) atoms. The molecular formula is C96H184N3O22P. The number of phosphoric acid groups is 1. The van der Waals surface area contributed by atoms with E-state index in [-0.39, 0.29) is 31.8 Å². The fraction of sp³-hybridized carbons (Fsp3) is 0.938. The van der Waals surface area contributed by atoms with E-state index in [1.807, 2.05) is 0 Å². The third-order valence-corrected chi connectivity index (χ3v) is 24.6. The van der Waals surface area contributed by atoms with E-state index in [4.69, 9.17) is 37.7 Å². The Hall–Kier alpha value is -3.43. The summed E-state index contributed by atoms with van der Waals surface area (Å²) in [5.41, 5.74) is 0. The third kappa shape index (κ3) is 61.9. The van der Waals surface area contributed by atoms with Crippen molar-refractivity contribution in [3.63, 3.8) is 0 Å². The number of nitrogens with one attached hydrogen (secondary N) is 2. The lowest BCUT2D eigenvalue weighted by molar-refractivity contribution is -0.298. The summed E-state index contributed by atoms with van der Waals surface area (Å²) in [6, 6.07) is -3.47. The average molecular weight is 1760 g/mol. The Bertz CT molecular complexity index is 2560. The molecule has 26 heteroatoms. The molecule has 2 saturated heterocycles. The van der Waals surface area contributed by atoms with E-state index in [9.17, 15) is 63.9 Å². The molecule has 2 rings (SSSR count). The monoisotopic (exact) mass is 1760 g/mol. The fourth-order valence-electron chi connectivity index (χ4n) is 16.7. The first-order valence-corrected chi connectivity index (χ1v) is 51.5. The van der Waals surface area contributed by atoms with Gasteiger partial charge < -0.3 is 85.3 Å². The number of carbonyl (C=O) groups is 6. The van der Waals surface area contributed by atoms with Gasteiger partial charge in [-0.25, -0.2) is 4.57 Å². The highest BCUT2D eigenvalue weighted by molar-refractivity contribution is 7.46. The molecule has 0 aromatic carbocycles. The third-order valence-electron chi connectivity index (χ3n) is 24.1. The second-order valence-electron chi connectivity index (χ2n) is 35.7. The quantitative estimate of drug-likeness (QED) is 0.0117. The van der Waals surface area contributed by atoms with E-state index < -0.39 is 168 Å². The molecular weight excluding hydrogens is 1580 g/mol. The van der Waals surface area contributed by atoms with Crippen LogP contribution in [-0.2, 0) is 71.0 Å². The van der Waals surface area contributed by atoms with Crippen molar-refractivity contribution in [3.8, 4) is 0 Å². The van der Waals surface area contributed by atoms with Gasteiger partial charge in [-0.3, -0.25) is 33.3 Å². The SMILES string of the molecule is CCCCCCCCCCCCCC(=O)O[C@H](CCCCCCCCCCC)CC(=O)N[C@H]1C(OC(=O)C[C@@H](CCCCCCCCCCC)OC(=O)CCCCCCCCCCCCC)[C@H](OP(=O)(O)O)C(CO)O[C@H]1OCC1O[C@H](O)[C@@H](NC(=O)C[C@H](O)CCCCCCCCCCC)C(OC(=O)C[C@H](O)CCCCCCCCCCC)[C@@H]1O.N. The number of phosphoric ester groups is 1. The molecule has 0 bridgehead atoms. The van der Waals surface area contributed by atoms with Gasteiger partial charge in [-0.1, -0.05) is 388 Å². The molecule has 2 amide bonds. The summed E-state index contributed by atoms with van der Waals surface area (Å²) in [7, 11) is -5.62. The van der Waals surface area contributed by atoms with Crippen LogP contribution in [0.15, 0.2) is 0 Å². The number of ether oxygens (including phenoxy) is 7. The molecule has 2 fully saturated rings. The molecule has 12 N–H and O–H groups in total. The maximum Gasteiger partial charge on any atom is 0.470 e. The van der Waals surface area contributed by atoms with Crippen molar-refractivity contribution in [2.24, 2.45) is 0 Å². The Morgan fingerprint density at radius 3 is 1.02 bits per heavy atom. The molecule has 2 heterocycles. The summed E-state index contributed by atoms with van der Waals surface area (Å²) in [6.07, 6.45) is 40.7. The van der Waals surface area contributed by atoms with E-state index in [0.717, 1.165) is 199 Å². The molecule has 2 aliphatic heterocycles. The van der Waals surface area contributed by atoms with Crippen molar-refractivity contribution in [1.82, 2.24) is 16.8 Å². The number of esters is 4. The van der Waals surface area contributed by atoms with Crippen molar-refractivity contribution in [3.05, 3.63) is 0 Å². The summed E-state index contributed by atoms with van der Waals surface area (Å²) >= 11 is 0. The van der Waals surface area contributed by atoms with E-state index >= 15 is 4.79 Å². The van der Waals surface area contributed by atoms with Crippen LogP contribution in [0, 0.1) is 0 Å². The predicted molar refractivity (Wildman–Crippen MR) is 484 cm³/mol. The van der Waals surface area contributed by atoms with Crippen molar-refractivity contribution in [1.29, 1.82) is 0 Å². The maximum absolute atomic E-state index is 15.1. The number of aliphatic hydroxyl groups is 5. The molecule has 0 aromatic rings. The molecule has 0 aliphatic carbocycles. The lowest BCUT2D eigenvalue weighted by atomic mass is 9.95. The first kappa shape index (κ1) is 117. The first-order valence-electron chi connectivity index (χ1n) is 50.0. The van der Waals surface area contributed by atoms with E-state index in [0.29, 0.717) is 51.4 Å². The molecule has 14 atom stereocenters. The smallest absolute Gasteiger partial charge is 0.462 e. The summed E-state index contributed by atoms with van der Waals surface area (Å²) in [4.78, 5) is 107. The van der Waals surface area contributed by atoms with Gasteiger partial charge in [0.2, 0.25) is 11.8 Å². The van der Waals surface area contributed by atoms with Gasteiger partial charge in [0.1, 0.15) is 48.7 Å². The predicted octanol–water partition coefficient (Wildman–Crippen LogP) is 21.4. The Balaban J connectivity index is 0.0000744. The summed E-state index contributed by atoms with van der Waals surface area (Å²) in [6.45, 7) is 11.3. The zero-order chi connectivity index (χ0) is 88.6. The summed E-state index contributed by atoms with van der Waals surface area (Å²) in [5.74, 6) is -4.55. The van der Waals surface area contributed by atoms with Gasteiger partial charge in [-0.2, -0.15) is 0 Å². The second kappa shape index (κ2) is 78.6. The lowest BCUT2D eigenvalue weighted by Crippen LogP contribution is -2.68. The Morgan fingerprint density at radius 2 is 0.656 bits per heavy atom. The van der Waals surface area contributed by atoms with Gasteiger partial charge >= 0.3 is 31.7 Å². The summed E-state index contributed by atoms with van der Waals surface area (Å²) in [5, 5.41) is 63.3. The largest absolute Gasteiger partial charge is 0.470 e. The van der Waals surface area contributed by atoms with Crippen LogP contribution >= 0.6 is 7.82 Å². The van der Waals surface area contributed by atoms with Crippen molar-refractivity contribution >= 4 is 43.5 Å². The average Bonchev–Trinajstić information content (AvgIpc) is 0.785. The topological polar surface area (TPSA) is 394 Å². The number of rotatable bonds is 84. The molecule has 0 aromatic heterocycles. The van der Waals surface area contributed by atoms with Crippen LogP contribution in [-0.4, -0.2) is 170 Å². The number of carbonyl (C=O) groups excluding carboxylic acids is 6. The zero-order valence-electron chi connectivity index (χ0n) is 78.0. The molecule has 4 unspecified atom stereocenters. The molecule has 2 aliphatic rings. The summed E-state index contributed by atoms with van der Waals surface area (Å²) < 4.78 is 61.9. The normalized spacial score (nSPS) is 20.2. The molecule has 720 valence electrons. The minimum Gasteiger partial charge on any atom is -0.462 e. The maximum atomic E-state index is 15.1. The van der Waals surface area contributed by atoms with E-state index in [1.54, 1.807) is 0 Å². The zero-order valence-corrected chi connectivity index (χ0v) is 78.9. The molecule has 0 spiro atoms. The van der Waals surface area contributed by atoms with E-state index in [1.165, 1.54) is 135 Å². The Labute approximate surface area is 740 Å². The highest BCUT2D eigenvalue weighted by Gasteiger charge is 2.54. The highest BCUT2D eigenvalue weighted by atomic mass is 31.2. The van der Waals surface area contributed by atoms with Gasteiger partial charge in [-0.15, -0.1) is 0 Å². The van der Waals surface area contributed by atoms with Gasteiger partial charge in [-0.05, 0) is 51.4 Å². The fourth-order valence-corrected chi connectivity index (χ4v) is 17.3. The van der Waals surface area contributed by atoms with Gasteiger partial charge in [0.05, 0.1) is 51.1 Å². The number of aliphatic hydroxyl groups excluding tert-OH is 5. The number of amides is 2. The second-order valence-corrected chi connectivity index (χ2v) is 36.8. The lowest BCUT2D eigenvalue weighted by Gasteiger charge is -2.46. The van der Waals surface area contributed by atoms with Crippen molar-refractivity contribution < 1.29 is 106 Å². The number of unbranched alkanes of at least 4 members (excludes halogenated alkanes) is 52. The van der Waals surface area contributed by atoms with Gasteiger partial charge in [0.15, 0.2) is 24.8 Å². The van der Waals surface area contributed by atoms with Crippen LogP contribution in [0.1, 0.15) is 478 Å². The molecule has 25 nitrogen and oxygen atoms in total. The van der Waals surface area contributed by atoms with Crippen LogP contribution in [0.4, 0.5) is 0 Å². The van der Waals surface area contributed by atoms with Crippen molar-refractivity contribution in [2.75, 3.05) is 13.2 Å². The van der Waals surface area contributed by atoms with Crippen LogP contribution in [0.25, 0.3) is 0 Å². The van der Waals surface area contributed by atoms with Crippen LogP contribution in [0.3, 0.4) is 0 Å². The Morgan fingerprint density at radius 1 is 0.352 bits per heavy atom. The first-order chi connectivity index (χ1) is 58.6. The number of hydrogen-bond acceptors (Lipinski definition) is 21. The standard InChI is InChI=1S/C96H181N2O22P.H3N/c1-7-13-19-25-31-37-39-45-51-57-63-69-85(104)114-79(67-61-55-49-43-35-29-23-17-11-5)73-84(103)98-90-94(119-88(107)74-80(68-62-56-50-44-36-30-24-18-12-6)115-86(105)70-64-58-52-46-40-38-32-26-20-14-8-2)92(120-121(110,111)112)81(75-99)117-96(90)113-76-82-91(108)93(118-87(106)72-78(101)66-60-54-48-42-34-28-22-16-10-4)89(95(109)116-82)97-83(102)71-77(100)65-59-53-47-41-33-27-21-15-9-3;/h77-82,89-96,99-101,108-109H,7-76H2,1-6H3,(H,97,102)(H,98,103)(H2,110,111,112);1H3/t77-,78-,79-,80-,81?,82?,89+,90+,91-,92-,93?,94?,95+,96-;/m1./s1. The number of hydrogen-bond donors (Lipinski definition) is 10. The van der Waals surface area contributed by atoms with Crippen molar-refractivity contribution in [2.45, 2.75) is 564 Å². The van der Waals surface area contributed by atoms with Gasteiger partial charge in [0, 0.05) is 12.8 Å². The Kier molecular flexibility index (Phi) is 75.1. The van der Waals surface area contributed by atoms with Crippen LogP contribution in [0.5, 0.6) is 0 Å². The van der Waals surface area contributed by atoms with Gasteiger partial charge in [0.25, 0.3) is 0 Å². The van der Waals surface area contributed by atoms with E-state index in [2.05, 4.69) is 52.2 Å². The molecule has 0 radical (unpaired) electrons. The molecule has 0 saturated carbocycles. The van der Waals surface area contributed by atoms with Crippen LogP contribution in [0.2, 0.25) is 0 Å². The van der Waals surface area contributed by atoms with Crippen LogP contribution < -0.4 is 16.8 Å². The minimum absolute atomic E-state index is 0. The minimum atomic E-state index is -5.62. The highest BCUT2D eigenvalue weighted by Crippen LogP contribution is 2.43.